The molecule has 0 saturated carbocycles. The Morgan fingerprint density at radius 2 is 1.96 bits per heavy atom. The summed E-state index contributed by atoms with van der Waals surface area (Å²) in [5.41, 5.74) is 2.29. The van der Waals surface area contributed by atoms with Crippen LogP contribution in [0.2, 0.25) is 0 Å². The van der Waals surface area contributed by atoms with Crippen molar-refractivity contribution in [1.82, 2.24) is 10.3 Å². The second kappa shape index (κ2) is 6.52. The molecule has 0 fully saturated rings. The Morgan fingerprint density at radius 3 is 2.70 bits per heavy atom. The normalized spacial score (nSPS) is 10.7. The van der Waals surface area contributed by atoms with Crippen LogP contribution in [0, 0.1) is 5.82 Å². The molecule has 4 nitrogen and oxygen atoms in total. The number of benzene rings is 2. The number of rotatable bonds is 5. The second-order valence-corrected chi connectivity index (χ2v) is 5.27. The largest absolute Gasteiger partial charge is 0.497 e. The summed E-state index contributed by atoms with van der Waals surface area (Å²) < 4.78 is 18.3. The van der Waals surface area contributed by atoms with E-state index in [-0.39, 0.29) is 11.7 Å². The molecule has 0 atom stereocenters. The number of carbonyl (C=O) groups excluding carboxylic acids is 1. The highest BCUT2D eigenvalue weighted by Gasteiger charge is 2.09. The third-order valence-corrected chi connectivity index (χ3v) is 3.69. The minimum atomic E-state index is -0.317. The maximum absolute atomic E-state index is 13.2. The van der Waals surface area contributed by atoms with E-state index in [1.165, 1.54) is 12.1 Å². The van der Waals surface area contributed by atoms with Crippen molar-refractivity contribution in [3.8, 4) is 5.75 Å². The molecular formula is C18H17FN2O2. The van der Waals surface area contributed by atoms with Crippen molar-refractivity contribution in [3.63, 3.8) is 0 Å². The lowest BCUT2D eigenvalue weighted by atomic mass is 10.1. The van der Waals surface area contributed by atoms with E-state index in [1.807, 2.05) is 24.3 Å². The summed E-state index contributed by atoms with van der Waals surface area (Å²) in [6.45, 7) is 0.523. The number of hydrogen-bond acceptors (Lipinski definition) is 2. The molecule has 0 aliphatic carbocycles. The number of methoxy groups -OCH3 is 1. The summed E-state index contributed by atoms with van der Waals surface area (Å²) in [7, 11) is 1.63. The predicted molar refractivity (Wildman–Crippen MR) is 87.3 cm³/mol. The minimum absolute atomic E-state index is 0.199. The maximum Gasteiger partial charge on any atom is 0.267 e. The van der Waals surface area contributed by atoms with Crippen LogP contribution in [-0.2, 0) is 6.42 Å². The zero-order chi connectivity index (χ0) is 16.2. The summed E-state index contributed by atoms with van der Waals surface area (Å²) >= 11 is 0. The standard InChI is InChI=1S/C18H17FN2O2/c1-23-15-5-2-12(3-6-15)8-9-20-18(22)17-11-13-10-14(19)4-7-16(13)21-17/h2-7,10-11,21H,8-9H2,1H3,(H,20,22). The van der Waals surface area contributed by atoms with Crippen LogP contribution in [0.1, 0.15) is 16.1 Å². The molecule has 0 unspecified atom stereocenters. The smallest absolute Gasteiger partial charge is 0.267 e. The fourth-order valence-electron chi connectivity index (χ4n) is 2.43. The summed E-state index contributed by atoms with van der Waals surface area (Å²) in [5.74, 6) is 0.293. The third kappa shape index (κ3) is 3.51. The molecule has 3 rings (SSSR count). The molecular weight excluding hydrogens is 295 g/mol. The summed E-state index contributed by atoms with van der Waals surface area (Å²) in [5, 5.41) is 3.54. The molecule has 2 aromatic carbocycles. The Morgan fingerprint density at radius 1 is 1.17 bits per heavy atom. The molecule has 1 aromatic heterocycles. The molecule has 0 aliphatic rings. The van der Waals surface area contributed by atoms with Gasteiger partial charge in [0, 0.05) is 17.4 Å². The van der Waals surface area contributed by atoms with Crippen LogP contribution >= 0.6 is 0 Å². The van der Waals surface area contributed by atoms with Crippen LogP contribution < -0.4 is 10.1 Å². The number of aromatic amines is 1. The predicted octanol–water partition coefficient (Wildman–Crippen LogP) is 3.29. The van der Waals surface area contributed by atoms with Gasteiger partial charge in [-0.25, -0.2) is 4.39 Å². The number of ether oxygens (including phenoxy) is 1. The van der Waals surface area contributed by atoms with E-state index in [1.54, 1.807) is 19.2 Å². The van der Waals surface area contributed by atoms with Gasteiger partial charge in [0.05, 0.1) is 7.11 Å². The van der Waals surface area contributed by atoms with Gasteiger partial charge < -0.3 is 15.0 Å². The first-order valence-electron chi connectivity index (χ1n) is 7.35. The summed E-state index contributed by atoms with van der Waals surface area (Å²) in [6.07, 6.45) is 0.727. The van der Waals surface area contributed by atoms with E-state index in [0.29, 0.717) is 17.6 Å². The van der Waals surface area contributed by atoms with E-state index in [2.05, 4.69) is 10.3 Å². The molecule has 118 valence electrons. The van der Waals surface area contributed by atoms with Crippen molar-refractivity contribution in [1.29, 1.82) is 0 Å². The number of nitrogens with one attached hydrogen (secondary N) is 2. The molecule has 0 bridgehead atoms. The second-order valence-electron chi connectivity index (χ2n) is 5.27. The van der Waals surface area contributed by atoms with Crippen LogP contribution in [0.25, 0.3) is 10.9 Å². The fraction of sp³-hybridized carbons (Fsp3) is 0.167. The van der Waals surface area contributed by atoms with E-state index in [4.69, 9.17) is 4.74 Å². The highest BCUT2D eigenvalue weighted by atomic mass is 19.1. The molecule has 0 spiro atoms. The third-order valence-electron chi connectivity index (χ3n) is 3.69. The van der Waals surface area contributed by atoms with Gasteiger partial charge in [-0.1, -0.05) is 12.1 Å². The fourth-order valence-corrected chi connectivity index (χ4v) is 2.43. The van der Waals surface area contributed by atoms with E-state index < -0.39 is 0 Å². The quantitative estimate of drug-likeness (QED) is 0.759. The maximum atomic E-state index is 13.2. The molecule has 3 aromatic rings. The van der Waals surface area contributed by atoms with Gasteiger partial charge in [-0.2, -0.15) is 0 Å². The summed E-state index contributed by atoms with van der Waals surface area (Å²) in [6, 6.07) is 13.8. The van der Waals surface area contributed by atoms with Crippen molar-refractivity contribution in [2.75, 3.05) is 13.7 Å². The summed E-state index contributed by atoms with van der Waals surface area (Å²) in [4.78, 5) is 15.1. The Balaban J connectivity index is 1.59. The van der Waals surface area contributed by atoms with Crippen LogP contribution in [0.5, 0.6) is 5.75 Å². The number of halogens is 1. The van der Waals surface area contributed by atoms with Gasteiger partial charge in [0.25, 0.3) is 5.91 Å². The van der Waals surface area contributed by atoms with Gasteiger partial charge in [0.2, 0.25) is 0 Å². The van der Waals surface area contributed by atoms with Gasteiger partial charge in [0.1, 0.15) is 17.3 Å². The van der Waals surface area contributed by atoms with Crippen molar-refractivity contribution < 1.29 is 13.9 Å². The Kier molecular flexibility index (Phi) is 4.28. The Hall–Kier alpha value is -2.82. The van der Waals surface area contributed by atoms with Crippen molar-refractivity contribution >= 4 is 16.8 Å². The Labute approximate surface area is 133 Å². The highest BCUT2D eigenvalue weighted by molar-refractivity contribution is 5.97. The van der Waals surface area contributed by atoms with Crippen LogP contribution in [0.15, 0.2) is 48.5 Å². The van der Waals surface area contributed by atoms with Gasteiger partial charge in [-0.15, -0.1) is 0 Å². The van der Waals surface area contributed by atoms with Crippen molar-refractivity contribution in [2.24, 2.45) is 0 Å². The highest BCUT2D eigenvalue weighted by Crippen LogP contribution is 2.16. The molecule has 23 heavy (non-hydrogen) atoms. The molecule has 1 amide bonds. The average Bonchev–Trinajstić information content (AvgIpc) is 2.98. The first-order valence-corrected chi connectivity index (χ1v) is 7.35. The van der Waals surface area contributed by atoms with Crippen LogP contribution in [0.4, 0.5) is 4.39 Å². The zero-order valence-electron chi connectivity index (χ0n) is 12.7. The minimum Gasteiger partial charge on any atom is -0.497 e. The van der Waals surface area contributed by atoms with Crippen LogP contribution in [-0.4, -0.2) is 24.5 Å². The van der Waals surface area contributed by atoms with Gasteiger partial charge in [0.15, 0.2) is 0 Å². The number of amides is 1. The molecule has 0 aliphatic heterocycles. The van der Waals surface area contributed by atoms with Gasteiger partial charge in [-0.3, -0.25) is 4.79 Å². The molecule has 2 N–H and O–H groups in total. The lowest BCUT2D eigenvalue weighted by Crippen LogP contribution is -2.25. The molecule has 0 radical (unpaired) electrons. The monoisotopic (exact) mass is 312 g/mol. The van der Waals surface area contributed by atoms with Crippen molar-refractivity contribution in [2.45, 2.75) is 6.42 Å². The lowest BCUT2D eigenvalue weighted by molar-refractivity contribution is 0.0950. The lowest BCUT2D eigenvalue weighted by Gasteiger charge is -2.05. The number of carbonyl (C=O) groups is 1. The molecule has 1 heterocycles. The van der Waals surface area contributed by atoms with E-state index in [9.17, 15) is 9.18 Å². The SMILES string of the molecule is COc1ccc(CCNC(=O)c2cc3cc(F)ccc3[nH]2)cc1. The average molecular weight is 312 g/mol. The number of H-pyrrole nitrogens is 1. The van der Waals surface area contributed by atoms with E-state index in [0.717, 1.165) is 23.3 Å². The van der Waals surface area contributed by atoms with Crippen LogP contribution in [0.3, 0.4) is 0 Å². The van der Waals surface area contributed by atoms with E-state index >= 15 is 0 Å². The topological polar surface area (TPSA) is 54.1 Å². The number of fused-ring (bicyclic) bond motifs is 1. The molecule has 5 heteroatoms. The first kappa shape index (κ1) is 15.1. The van der Waals surface area contributed by atoms with Gasteiger partial charge >= 0.3 is 0 Å². The van der Waals surface area contributed by atoms with Crippen molar-refractivity contribution in [3.05, 3.63) is 65.6 Å². The number of hydrogen-bond donors (Lipinski definition) is 2. The van der Waals surface area contributed by atoms with Gasteiger partial charge in [-0.05, 0) is 48.4 Å². The zero-order valence-corrected chi connectivity index (χ0v) is 12.7. The Bertz CT molecular complexity index is 825. The molecule has 0 saturated heterocycles. The number of aromatic nitrogens is 1. The first-order chi connectivity index (χ1) is 11.2.